The second-order valence-electron chi connectivity index (χ2n) is 15.5. The highest BCUT2D eigenvalue weighted by atomic mass is 16.5. The van der Waals surface area contributed by atoms with Gasteiger partial charge in [-0.15, -0.1) is 0 Å². The van der Waals surface area contributed by atoms with Crippen LogP contribution in [0.25, 0.3) is 0 Å². The minimum absolute atomic E-state index is 0.0513. The summed E-state index contributed by atoms with van der Waals surface area (Å²) in [6.45, 7) is 4.43. The number of carbonyl (C=O) groups is 2. The summed E-state index contributed by atoms with van der Waals surface area (Å²) in [5.41, 5.74) is 2.80. The summed E-state index contributed by atoms with van der Waals surface area (Å²) in [6.07, 6.45) is 7.26. The van der Waals surface area contributed by atoms with Crippen LogP contribution in [0.2, 0.25) is 0 Å². The van der Waals surface area contributed by atoms with Crippen LogP contribution in [0.5, 0.6) is 23.0 Å². The average molecular weight is 766 g/mol. The van der Waals surface area contributed by atoms with Crippen LogP contribution in [0, 0.1) is 5.41 Å². The zero-order valence-electron chi connectivity index (χ0n) is 33.4. The Labute approximate surface area is 330 Å². The summed E-state index contributed by atoms with van der Waals surface area (Å²) < 4.78 is 27.8. The van der Waals surface area contributed by atoms with Crippen molar-refractivity contribution >= 4 is 11.7 Å². The number of rotatable bonds is 12. The summed E-state index contributed by atoms with van der Waals surface area (Å²) >= 11 is 0. The lowest BCUT2D eigenvalue weighted by Gasteiger charge is -2.46. The van der Waals surface area contributed by atoms with E-state index in [0.717, 1.165) is 28.7 Å². The van der Waals surface area contributed by atoms with E-state index in [2.05, 4.69) is 19.9 Å². The molecule has 1 fully saturated rings. The van der Waals surface area contributed by atoms with Crippen LogP contribution >= 0.6 is 0 Å². The maximum atomic E-state index is 14.6. The number of aliphatic hydroxyl groups is 2. The van der Waals surface area contributed by atoms with E-state index in [1.807, 2.05) is 36.4 Å². The van der Waals surface area contributed by atoms with E-state index >= 15 is 0 Å². The van der Waals surface area contributed by atoms with Gasteiger partial charge in [0, 0.05) is 29.2 Å². The van der Waals surface area contributed by atoms with Crippen LogP contribution in [0.15, 0.2) is 89.1 Å². The average Bonchev–Trinajstić information content (AvgIpc) is 3.83. The van der Waals surface area contributed by atoms with Crippen LogP contribution in [0.4, 0.5) is 0 Å². The van der Waals surface area contributed by atoms with Gasteiger partial charge in [0.15, 0.2) is 17.3 Å². The third kappa shape index (κ3) is 8.51. The van der Waals surface area contributed by atoms with Crippen LogP contribution in [0.1, 0.15) is 96.7 Å². The summed E-state index contributed by atoms with van der Waals surface area (Å²) in [4.78, 5) is 30.5. The van der Waals surface area contributed by atoms with Gasteiger partial charge in [-0.2, -0.15) is 0 Å². The molecule has 7 rings (SSSR count). The van der Waals surface area contributed by atoms with E-state index in [9.17, 15) is 19.8 Å². The number of aliphatic hydroxyl groups excluding tert-OH is 1. The fraction of sp³-hybridized carbons (Fsp3) is 0.435. The number of methoxy groups -OCH3 is 4. The van der Waals surface area contributed by atoms with Gasteiger partial charge in [-0.3, -0.25) is 9.59 Å². The fourth-order valence-electron chi connectivity index (χ4n) is 8.75. The van der Waals surface area contributed by atoms with Crippen molar-refractivity contribution in [1.82, 2.24) is 4.90 Å². The maximum Gasteiger partial charge on any atom is 0.228 e. The highest BCUT2D eigenvalue weighted by Gasteiger charge is 2.57. The summed E-state index contributed by atoms with van der Waals surface area (Å²) in [5.74, 6) is 1.88. The Bertz CT molecular complexity index is 2040. The molecule has 0 aliphatic heterocycles. The molecule has 56 heavy (non-hydrogen) atoms. The van der Waals surface area contributed by atoms with E-state index in [1.54, 1.807) is 63.7 Å². The van der Waals surface area contributed by atoms with Gasteiger partial charge < -0.3 is 38.5 Å². The molecule has 10 heteroatoms. The normalized spacial score (nSPS) is 22.4. The van der Waals surface area contributed by atoms with Gasteiger partial charge in [-0.1, -0.05) is 36.8 Å². The SMILES string of the molecule is COc1ccc(CN(CC2(O)CCC3c4ccc(cc4C(=O)c4ccco4)CC(O)CCC(C)=CCCC32C)C(=O)Cc2ccc(OC)c(OC)c2)c(OC)c1. The van der Waals surface area contributed by atoms with Crippen LogP contribution in [-0.4, -0.2) is 73.5 Å². The first kappa shape index (κ1) is 40.6. The smallest absolute Gasteiger partial charge is 0.228 e. The lowest BCUT2D eigenvalue weighted by molar-refractivity contribution is -0.140. The Kier molecular flexibility index (Phi) is 12.6. The number of hydrogen-bond donors (Lipinski definition) is 2. The monoisotopic (exact) mass is 765 g/mol. The number of benzene rings is 3. The van der Waals surface area contributed by atoms with Gasteiger partial charge in [0.2, 0.25) is 11.7 Å². The minimum Gasteiger partial charge on any atom is -0.497 e. The van der Waals surface area contributed by atoms with Crippen molar-refractivity contribution < 1.29 is 43.2 Å². The fourth-order valence-corrected chi connectivity index (χ4v) is 8.75. The number of amides is 1. The molecule has 1 saturated carbocycles. The second kappa shape index (κ2) is 17.4. The van der Waals surface area contributed by atoms with Gasteiger partial charge in [-0.25, -0.2) is 0 Å². The van der Waals surface area contributed by atoms with Crippen molar-refractivity contribution in [2.45, 2.75) is 89.4 Å². The Morgan fingerprint density at radius 3 is 2.39 bits per heavy atom. The van der Waals surface area contributed by atoms with Gasteiger partial charge in [-0.05, 0) is 117 Å². The summed E-state index contributed by atoms with van der Waals surface area (Å²) in [5, 5.41) is 24.2. The lowest BCUT2D eigenvalue weighted by Crippen LogP contribution is -2.53. The molecule has 298 valence electrons. The second-order valence-corrected chi connectivity index (χ2v) is 15.5. The van der Waals surface area contributed by atoms with Gasteiger partial charge >= 0.3 is 0 Å². The molecular weight excluding hydrogens is 711 g/mol. The van der Waals surface area contributed by atoms with E-state index in [0.29, 0.717) is 67.1 Å². The van der Waals surface area contributed by atoms with Crippen molar-refractivity contribution in [3.63, 3.8) is 0 Å². The number of furan rings is 1. The summed E-state index contributed by atoms with van der Waals surface area (Å²) in [7, 11) is 6.31. The van der Waals surface area contributed by atoms with Crippen molar-refractivity contribution in [2.75, 3.05) is 35.0 Å². The van der Waals surface area contributed by atoms with Gasteiger partial charge in [0.1, 0.15) is 11.5 Å². The number of fused-ring (bicyclic) bond motifs is 8. The number of ketones is 1. The molecule has 2 bridgehead atoms. The van der Waals surface area contributed by atoms with E-state index in [-0.39, 0.29) is 42.9 Å². The zero-order valence-corrected chi connectivity index (χ0v) is 33.4. The molecule has 1 heterocycles. The molecular formula is C46H55NO9. The molecule has 10 nitrogen and oxygen atoms in total. The molecule has 0 saturated heterocycles. The quantitative estimate of drug-likeness (QED) is 0.110. The number of allylic oxidation sites excluding steroid dienone is 2. The molecule has 3 aliphatic rings. The lowest BCUT2D eigenvalue weighted by atomic mass is 9.64. The van der Waals surface area contributed by atoms with Gasteiger partial charge in [0.25, 0.3) is 0 Å². The maximum absolute atomic E-state index is 14.6. The first-order valence-electron chi connectivity index (χ1n) is 19.4. The van der Waals surface area contributed by atoms with Crippen molar-refractivity contribution in [3.8, 4) is 23.0 Å². The van der Waals surface area contributed by atoms with Crippen LogP contribution < -0.4 is 18.9 Å². The van der Waals surface area contributed by atoms with E-state index < -0.39 is 17.1 Å². The number of hydrogen-bond acceptors (Lipinski definition) is 9. The standard InChI is InChI=1S/C46H55NO9/c1-30-9-7-20-45(2)38(36-17-12-31(23-34(48)15-11-30)24-37(36)44(50)40-10-8-22-56-40)19-21-46(45,51)29-47(28-33-14-16-35(52-3)27-41(33)54-5)43(49)26-32-13-18-39(53-4)42(25-32)55-6/h8-10,12-14,16-18,22,24-25,27,34,38,48,51H,7,11,15,19-21,23,26,28-29H2,1-6H3. The third-order valence-corrected chi connectivity index (χ3v) is 12.1. The highest BCUT2D eigenvalue weighted by Crippen LogP contribution is 2.59. The minimum atomic E-state index is -1.34. The highest BCUT2D eigenvalue weighted by molar-refractivity contribution is 6.08. The molecule has 1 amide bonds. The van der Waals surface area contributed by atoms with Crippen LogP contribution in [0.3, 0.4) is 0 Å². The Balaban J connectivity index is 1.43. The predicted molar refractivity (Wildman–Crippen MR) is 214 cm³/mol. The van der Waals surface area contributed by atoms with Crippen molar-refractivity contribution in [3.05, 3.63) is 118 Å². The Hall–Kier alpha value is -5.06. The van der Waals surface area contributed by atoms with E-state index in [1.165, 1.54) is 11.8 Å². The molecule has 1 aromatic heterocycles. The van der Waals surface area contributed by atoms with Gasteiger partial charge in [0.05, 0.1) is 59.4 Å². The number of carbonyl (C=O) groups excluding carboxylic acids is 2. The first-order chi connectivity index (χ1) is 26.9. The molecule has 4 unspecified atom stereocenters. The first-order valence-corrected chi connectivity index (χ1v) is 19.4. The zero-order chi connectivity index (χ0) is 40.0. The number of ether oxygens (including phenoxy) is 4. The third-order valence-electron chi connectivity index (χ3n) is 12.1. The molecule has 3 aliphatic carbocycles. The molecule has 0 radical (unpaired) electrons. The molecule has 4 aromatic rings. The van der Waals surface area contributed by atoms with Crippen molar-refractivity contribution in [2.24, 2.45) is 5.41 Å². The van der Waals surface area contributed by atoms with Crippen molar-refractivity contribution in [1.29, 1.82) is 0 Å². The molecule has 2 N–H and O–H groups in total. The predicted octanol–water partition coefficient (Wildman–Crippen LogP) is 7.86. The molecule has 4 atom stereocenters. The van der Waals surface area contributed by atoms with Crippen LogP contribution in [-0.2, 0) is 24.2 Å². The summed E-state index contributed by atoms with van der Waals surface area (Å²) in [6, 6.07) is 20.2. The number of nitrogens with zero attached hydrogens (tertiary/aromatic N) is 1. The topological polar surface area (TPSA) is 128 Å². The molecule has 0 spiro atoms. The Morgan fingerprint density at radius 2 is 1.68 bits per heavy atom. The van der Waals surface area contributed by atoms with E-state index in [4.69, 9.17) is 23.4 Å². The Morgan fingerprint density at radius 1 is 0.893 bits per heavy atom. The molecule has 3 aromatic carbocycles. The largest absolute Gasteiger partial charge is 0.497 e.